The van der Waals surface area contributed by atoms with E-state index in [4.69, 9.17) is 67.5 Å². The lowest BCUT2D eigenvalue weighted by atomic mass is 10.00. The van der Waals surface area contributed by atoms with E-state index in [1.807, 2.05) is 6.07 Å². The molecule has 0 aromatic heterocycles. The van der Waals surface area contributed by atoms with E-state index >= 15 is 19.2 Å². The second-order valence-electron chi connectivity index (χ2n) is 33.5. The monoisotopic (exact) mass is 2010 g/mol. The maximum Gasteiger partial charge on any atom is 0.326 e. The molecule has 0 radical (unpaired) electrons. The number of phenolic OH excluding ortho intramolecular Hbond substituents is 2. The van der Waals surface area contributed by atoms with Gasteiger partial charge >= 0.3 is 18.0 Å². The van der Waals surface area contributed by atoms with Crippen LogP contribution in [0.1, 0.15) is 145 Å². The number of amides is 7. The number of benzene rings is 4. The van der Waals surface area contributed by atoms with E-state index in [9.17, 15) is 80.5 Å². The van der Waals surface area contributed by atoms with Gasteiger partial charge in [0.1, 0.15) is 90.0 Å². The second kappa shape index (κ2) is 61.2. The zero-order valence-electron chi connectivity index (χ0n) is 78.2. The zero-order chi connectivity index (χ0) is 104. The molecule has 14 atom stereocenters. The first-order valence-corrected chi connectivity index (χ1v) is 48.6. The lowest BCUT2D eigenvalue weighted by molar-refractivity contribution is -0.142. The number of phenols is 2. The number of carbonyl (C=O) groups excluding carboxylic acids is 6. The maximum atomic E-state index is 15.9. The standard InChI is InChI=1S/C89H136N30O20S2/c90-35-5-3-15-57-74(127)112-62(16-4-6-36-91)83(136)119-42-12-22-69(119)82(135)116-65(45-50-26-31-55(121)32-27-50)78(131)111-60(19-9-39-104-87(97)98)73(126)109-61(20-10-41-106-89(101)139)76(129)117-67(80(133)113-63(84(137)138)21-11-40-105-88(99)100)47-140-141-48-68(81(134)115-64(44-49-24-29-54(120)30-25-49)77(130)110-59(72(125)108-57)18-8-38-103-86(95)96)118-79(132)66(46-51-23-28-52-13-1-2-14-53(52)43-51)114-75(128)58(17-7-37-102-85(93)94)107-71(124)56(92)33-34-70(122)123/h1-2,13-14,23-32,43,56-69,120-121H,3-12,15-22,33-42,44-48,90-92H2,(H,107,124)(H,108,125)(H,109,126)(H,110,130)(H,111,131)(H,112,127)(H,113,133)(H,114,128)(H,115,134)(H,116,135)(H,117,129)(H,118,132)(H,122,123)(H,137,138)(H4,93,94,102)(H4,95,96,103)(H4,97,98,104)(H4,99,100,105)(H3,101,106,139)/t56-,57?,58+,59?,60-,61-,62?,63-,64-,65-,66-,67-,68?,69+/m1/s1. The summed E-state index contributed by atoms with van der Waals surface area (Å²) in [6.07, 6.45) is -2.25. The number of nitrogens with one attached hydrogen (secondary N) is 13. The van der Waals surface area contributed by atoms with E-state index in [-0.39, 0.29) is 186 Å². The van der Waals surface area contributed by atoms with Crippen molar-refractivity contribution < 1.29 is 99.6 Å². The van der Waals surface area contributed by atoms with Gasteiger partial charge in [0, 0.05) is 76.5 Å². The molecule has 0 saturated carbocycles. The van der Waals surface area contributed by atoms with Crippen LogP contribution < -0.4 is 93.7 Å². The van der Waals surface area contributed by atoms with Gasteiger partial charge in [-0.3, -0.25) is 50.4 Å². The number of carboxylic acids is 2. The van der Waals surface area contributed by atoms with E-state index in [1.54, 1.807) is 36.4 Å². The summed E-state index contributed by atoms with van der Waals surface area (Å²) < 4.78 is 0. The number of aromatic hydroxyl groups is 2. The number of aliphatic hydroxyl groups excluding tert-OH is 8. The summed E-state index contributed by atoms with van der Waals surface area (Å²) in [4.78, 5) is 150. The number of unbranched alkanes of at least 4 members (excludes halogenated alkanes) is 2. The van der Waals surface area contributed by atoms with Crippen LogP contribution in [0.4, 0.5) is 4.79 Å². The Balaban J connectivity index is 1.73. The number of carbonyl (C=O) groups is 8. The normalized spacial score (nSPS) is 20.4. The molecular formula is C89H136N30O20S2. The van der Waals surface area contributed by atoms with Crippen LogP contribution in [0, 0.1) is 21.6 Å². The lowest BCUT2D eigenvalue weighted by Crippen LogP contribution is -2.58. The Labute approximate surface area is 821 Å². The van der Waals surface area contributed by atoms with Gasteiger partial charge in [0.15, 0.2) is 23.8 Å². The number of aliphatic hydroxyl groups is 8. The number of hydrogen-bond donors (Lipinski definition) is 33. The van der Waals surface area contributed by atoms with Gasteiger partial charge < -0.3 is 160 Å². The number of carboxylic acid groups (broad SMARTS) is 2. The van der Waals surface area contributed by atoms with Crippen LogP contribution >= 0.6 is 21.6 Å². The van der Waals surface area contributed by atoms with Crippen LogP contribution in [0.25, 0.3) is 10.8 Å². The molecule has 0 aliphatic carbocycles. The minimum atomic E-state index is -1.92. The number of nitrogens with zero attached hydrogens (tertiary/aromatic N) is 9. The average molecular weight is 2010 g/mol. The van der Waals surface area contributed by atoms with E-state index in [0.717, 1.165) is 27.0 Å². The van der Waals surface area contributed by atoms with Crippen LogP contribution in [-0.2, 0) is 52.8 Å². The highest BCUT2D eigenvalue weighted by molar-refractivity contribution is 8.76. The Bertz CT molecular complexity index is 5070. The van der Waals surface area contributed by atoms with Gasteiger partial charge in [0.25, 0.3) is 0 Å². The topological polar surface area (TPSA) is 893 Å². The molecule has 1 fully saturated rings. The van der Waals surface area contributed by atoms with E-state index in [2.05, 4.69) is 87.8 Å². The zero-order valence-corrected chi connectivity index (χ0v) is 79.8. The quantitative estimate of drug-likeness (QED) is 0.0128. The number of nitrogens with two attached hydrogens (primary N) is 8. The third kappa shape index (κ3) is 42.5. The Hall–Kier alpha value is -14.3. The fraction of sp³-hybridized carbons (Fsp3) is 0.528. The number of aliphatic carboxylic acids is 2. The SMILES string of the molecule is N=C(N)NCCCC1N=C(O)[C@@H](Cc2ccc(O)cc2)N=C(O)C(NC(=O)[C@@H](Cc2ccc3ccccc3c2)NC(=O)[C@H](CCCNC(=N)N)NC(=O)[C@H](N)CCC(=O)O)CSSC[C@H](C(=O)N[C@H](CCCNC(=N)N)C(=O)O)N=C(O)[C@@H](CCCNC(N)=O)N=C(O)[C@@H](CCCNC(=N)N)N=C(O)[C@@H](Cc2ccc(O)cc2)N=C(O)[C@@H]2CCCN2C(=O)C(CCCCN)N=C(O)C(CCCCN)N=C1O. The summed E-state index contributed by atoms with van der Waals surface area (Å²) in [6, 6.07) is -0.566. The number of hydrogen-bond acceptors (Lipinski definition) is 27. The molecule has 6 rings (SSSR count). The number of urea groups is 1. The summed E-state index contributed by atoms with van der Waals surface area (Å²) in [5.41, 5.74) is 47.2. The number of fused-ring (bicyclic) bond motifs is 2. The van der Waals surface area contributed by atoms with Gasteiger partial charge in [-0.05, 0) is 187 Å². The van der Waals surface area contributed by atoms with Gasteiger partial charge in [-0.15, -0.1) is 0 Å². The minimum absolute atomic E-state index is 0.00168. The highest BCUT2D eigenvalue weighted by Crippen LogP contribution is 2.29. The number of aliphatic imine (C=N–C) groups is 8. The molecular weight excluding hydrogens is 1870 g/mol. The highest BCUT2D eigenvalue weighted by atomic mass is 33.1. The van der Waals surface area contributed by atoms with Gasteiger partial charge in [0.2, 0.25) is 76.7 Å². The molecule has 1 saturated heterocycles. The van der Waals surface area contributed by atoms with Crippen LogP contribution in [0.2, 0.25) is 0 Å². The molecule has 2 aliphatic heterocycles. The van der Waals surface area contributed by atoms with Gasteiger partial charge in [-0.2, -0.15) is 0 Å². The first-order chi connectivity index (χ1) is 67.2. The highest BCUT2D eigenvalue weighted by Gasteiger charge is 2.40. The summed E-state index contributed by atoms with van der Waals surface area (Å²) in [5, 5.41) is 198. The van der Waals surface area contributed by atoms with Crippen molar-refractivity contribution in [2.24, 2.45) is 85.8 Å². The predicted octanol–water partition coefficient (Wildman–Crippen LogP) is 1.24. The van der Waals surface area contributed by atoms with Gasteiger partial charge in [-0.1, -0.05) is 88.3 Å². The Morgan fingerprint density at radius 3 is 1.33 bits per heavy atom. The van der Waals surface area contributed by atoms with Crippen LogP contribution in [0.15, 0.2) is 131 Å². The predicted molar refractivity (Wildman–Crippen MR) is 541 cm³/mol. The van der Waals surface area contributed by atoms with Crippen molar-refractivity contribution in [1.29, 1.82) is 21.6 Å². The van der Waals surface area contributed by atoms with Gasteiger partial charge in [0.05, 0.1) is 6.04 Å². The molecule has 41 N–H and O–H groups in total. The Morgan fingerprint density at radius 2 is 0.851 bits per heavy atom. The molecule has 50 nitrogen and oxygen atoms in total. The summed E-state index contributed by atoms with van der Waals surface area (Å²) >= 11 is 0. The molecule has 141 heavy (non-hydrogen) atoms. The molecule has 0 spiro atoms. The fourth-order valence-corrected chi connectivity index (χ4v) is 17.1. The lowest BCUT2D eigenvalue weighted by Gasteiger charge is -2.27. The summed E-state index contributed by atoms with van der Waals surface area (Å²) in [7, 11) is 1.50. The molecule has 52 heteroatoms. The van der Waals surface area contributed by atoms with Crippen molar-refractivity contribution in [3.63, 3.8) is 0 Å². The molecule has 774 valence electrons. The third-order valence-corrected chi connectivity index (χ3v) is 24.7. The van der Waals surface area contributed by atoms with E-state index in [0.29, 0.717) is 34.9 Å². The second-order valence-corrected chi connectivity index (χ2v) is 36.0. The van der Waals surface area contributed by atoms with E-state index in [1.165, 1.54) is 53.4 Å². The number of rotatable bonds is 46. The number of guanidine groups is 4. The van der Waals surface area contributed by atoms with Crippen molar-refractivity contribution >= 4 is 151 Å². The van der Waals surface area contributed by atoms with Crippen molar-refractivity contribution in [2.75, 3.05) is 63.9 Å². The summed E-state index contributed by atoms with van der Waals surface area (Å²) in [5.74, 6) is -18.4. The van der Waals surface area contributed by atoms with E-state index < -0.39 is 227 Å². The smallest absolute Gasteiger partial charge is 0.326 e. The number of primary amides is 1. The summed E-state index contributed by atoms with van der Waals surface area (Å²) in [6.45, 7) is -0.0891. The minimum Gasteiger partial charge on any atom is -0.508 e. The molecule has 0 bridgehead atoms. The van der Waals surface area contributed by atoms with Gasteiger partial charge in [-0.25, -0.2) is 49.5 Å². The van der Waals surface area contributed by atoms with Crippen molar-refractivity contribution in [2.45, 2.75) is 232 Å². The molecule has 7 amide bonds. The molecule has 4 aromatic rings. The molecule has 2 heterocycles. The molecule has 4 aromatic carbocycles. The third-order valence-electron chi connectivity index (χ3n) is 22.3. The maximum absolute atomic E-state index is 15.9. The molecule has 2 aliphatic rings. The van der Waals surface area contributed by atoms with Crippen molar-refractivity contribution in [1.82, 2.24) is 52.8 Å². The Kier molecular flexibility index (Phi) is 50.1. The fourth-order valence-electron chi connectivity index (χ4n) is 14.8. The van der Waals surface area contributed by atoms with Crippen molar-refractivity contribution in [3.8, 4) is 11.5 Å². The van der Waals surface area contributed by atoms with Crippen LogP contribution in [-0.4, -0.2) is 333 Å². The average Bonchev–Trinajstić information content (AvgIpc) is 1.81. The van der Waals surface area contributed by atoms with Crippen LogP contribution in [0.3, 0.4) is 0 Å². The first kappa shape index (κ1) is 115. The molecule has 4 unspecified atom stereocenters. The van der Waals surface area contributed by atoms with Crippen LogP contribution in [0.5, 0.6) is 11.5 Å². The first-order valence-electron chi connectivity index (χ1n) is 46.1. The largest absolute Gasteiger partial charge is 0.508 e. The van der Waals surface area contributed by atoms with Crippen molar-refractivity contribution in [3.05, 3.63) is 108 Å². The Morgan fingerprint density at radius 1 is 0.433 bits per heavy atom.